The Labute approximate surface area is 98.1 Å². The molecule has 0 atom stereocenters. The van der Waals surface area contributed by atoms with Gasteiger partial charge in [0.1, 0.15) is 0 Å². The van der Waals surface area contributed by atoms with E-state index in [1.165, 1.54) is 21.7 Å². The van der Waals surface area contributed by atoms with Crippen LogP contribution in [0.1, 0.15) is 0 Å². The maximum absolute atomic E-state index is 4.17. The van der Waals surface area contributed by atoms with Crippen LogP contribution in [0.2, 0.25) is 0 Å². The van der Waals surface area contributed by atoms with E-state index in [1.807, 2.05) is 18.6 Å². The maximum atomic E-state index is 4.17. The molecule has 0 aliphatic rings. The van der Waals surface area contributed by atoms with E-state index in [0.29, 0.717) is 0 Å². The zero-order valence-corrected chi connectivity index (χ0v) is 9.17. The third-order valence-corrected chi connectivity index (χ3v) is 3.26. The molecule has 4 aromatic rings. The van der Waals surface area contributed by atoms with Gasteiger partial charge in [-0.25, -0.2) is 0 Å². The minimum atomic E-state index is 1.14. The molecule has 0 bridgehead atoms. The van der Waals surface area contributed by atoms with Crippen LogP contribution in [0.15, 0.2) is 61.1 Å². The van der Waals surface area contributed by atoms with Crippen LogP contribution >= 0.6 is 0 Å². The van der Waals surface area contributed by atoms with Gasteiger partial charge in [0.05, 0.1) is 17.2 Å². The molecule has 2 heterocycles. The van der Waals surface area contributed by atoms with Crippen LogP contribution in [0.4, 0.5) is 0 Å². The lowest BCUT2D eigenvalue weighted by atomic mass is 10.1. The van der Waals surface area contributed by atoms with E-state index in [9.17, 15) is 0 Å². The molecule has 4 rings (SSSR count). The highest BCUT2D eigenvalue weighted by Crippen LogP contribution is 2.27. The molecule has 0 N–H and O–H groups in total. The third-order valence-electron chi connectivity index (χ3n) is 3.26. The topological polar surface area (TPSA) is 17.3 Å². The van der Waals surface area contributed by atoms with Gasteiger partial charge < -0.3 is 4.40 Å². The molecular weight excluding hydrogens is 208 g/mol. The SMILES string of the molecule is c1ccc2c(c1)ccc1cc3cnccn3c12. The fourth-order valence-electron chi connectivity index (χ4n) is 2.50. The summed E-state index contributed by atoms with van der Waals surface area (Å²) < 4.78 is 2.20. The average Bonchev–Trinajstić information content (AvgIpc) is 2.77. The van der Waals surface area contributed by atoms with E-state index < -0.39 is 0 Å². The number of fused-ring (bicyclic) bond motifs is 5. The average molecular weight is 218 g/mol. The van der Waals surface area contributed by atoms with E-state index >= 15 is 0 Å². The van der Waals surface area contributed by atoms with Gasteiger partial charge in [-0.2, -0.15) is 0 Å². The Kier molecular flexibility index (Phi) is 1.59. The summed E-state index contributed by atoms with van der Waals surface area (Å²) in [5.74, 6) is 0. The lowest BCUT2D eigenvalue weighted by molar-refractivity contribution is 1.18. The van der Waals surface area contributed by atoms with Gasteiger partial charge >= 0.3 is 0 Å². The minimum absolute atomic E-state index is 1.14. The van der Waals surface area contributed by atoms with Crippen LogP contribution in [-0.4, -0.2) is 9.38 Å². The molecule has 17 heavy (non-hydrogen) atoms. The highest BCUT2D eigenvalue weighted by Gasteiger charge is 2.05. The molecule has 0 radical (unpaired) electrons. The van der Waals surface area contributed by atoms with Crippen LogP contribution in [0.5, 0.6) is 0 Å². The molecule has 0 saturated heterocycles. The van der Waals surface area contributed by atoms with E-state index in [4.69, 9.17) is 0 Å². The van der Waals surface area contributed by atoms with Gasteiger partial charge in [-0.3, -0.25) is 4.98 Å². The normalized spacial score (nSPS) is 11.5. The minimum Gasteiger partial charge on any atom is -0.313 e. The molecule has 0 aliphatic heterocycles. The van der Waals surface area contributed by atoms with Crippen LogP contribution in [-0.2, 0) is 0 Å². The Hall–Kier alpha value is -2.35. The Morgan fingerprint density at radius 3 is 2.82 bits per heavy atom. The van der Waals surface area contributed by atoms with Crippen molar-refractivity contribution >= 4 is 27.2 Å². The van der Waals surface area contributed by atoms with Crippen molar-refractivity contribution in [3.05, 3.63) is 61.1 Å². The molecule has 2 aromatic carbocycles. The first-order valence-corrected chi connectivity index (χ1v) is 5.66. The van der Waals surface area contributed by atoms with Crippen molar-refractivity contribution in [1.82, 2.24) is 9.38 Å². The number of benzene rings is 2. The summed E-state index contributed by atoms with van der Waals surface area (Å²) in [7, 11) is 0. The zero-order valence-electron chi connectivity index (χ0n) is 9.17. The Morgan fingerprint density at radius 1 is 0.941 bits per heavy atom. The Balaban J connectivity index is 2.38. The first kappa shape index (κ1) is 8.76. The second-order valence-corrected chi connectivity index (χ2v) is 4.24. The number of rotatable bonds is 0. The number of hydrogen-bond acceptors (Lipinski definition) is 1. The molecule has 0 spiro atoms. The van der Waals surface area contributed by atoms with Gasteiger partial charge in [-0.05, 0) is 11.5 Å². The lowest BCUT2D eigenvalue weighted by Gasteiger charge is -2.01. The summed E-state index contributed by atoms with van der Waals surface area (Å²) in [6.07, 6.45) is 5.74. The summed E-state index contributed by atoms with van der Waals surface area (Å²) in [5, 5.41) is 3.82. The fourth-order valence-corrected chi connectivity index (χ4v) is 2.50. The molecule has 2 aromatic heterocycles. The number of nitrogens with zero attached hydrogens (tertiary/aromatic N) is 2. The summed E-state index contributed by atoms with van der Waals surface area (Å²) in [6.45, 7) is 0. The second kappa shape index (κ2) is 3.08. The van der Waals surface area contributed by atoms with E-state index in [1.54, 1.807) is 0 Å². The monoisotopic (exact) mass is 218 g/mol. The van der Waals surface area contributed by atoms with Gasteiger partial charge in [-0.15, -0.1) is 0 Å². The van der Waals surface area contributed by atoms with Crippen molar-refractivity contribution in [3.8, 4) is 0 Å². The molecule has 2 nitrogen and oxygen atoms in total. The quantitative estimate of drug-likeness (QED) is 0.440. The largest absolute Gasteiger partial charge is 0.313 e. The predicted octanol–water partition coefficient (Wildman–Crippen LogP) is 3.64. The van der Waals surface area contributed by atoms with Gasteiger partial charge in [0.25, 0.3) is 0 Å². The van der Waals surface area contributed by atoms with Crippen LogP contribution < -0.4 is 0 Å². The highest BCUT2D eigenvalue weighted by atomic mass is 14.9. The molecule has 2 heteroatoms. The highest BCUT2D eigenvalue weighted by molar-refractivity contribution is 6.07. The Bertz CT molecular complexity index is 837. The standard InChI is InChI=1S/C15H10N2/c1-2-4-14-11(3-1)5-6-12-9-13-10-16-7-8-17(13)15(12)14/h1-10H. The van der Waals surface area contributed by atoms with E-state index in [-0.39, 0.29) is 0 Å². The van der Waals surface area contributed by atoms with E-state index in [2.05, 4.69) is 51.8 Å². The summed E-state index contributed by atoms with van der Waals surface area (Å²) >= 11 is 0. The van der Waals surface area contributed by atoms with Crippen LogP contribution in [0, 0.1) is 0 Å². The molecule has 80 valence electrons. The van der Waals surface area contributed by atoms with Crippen LogP contribution in [0.3, 0.4) is 0 Å². The smallest absolute Gasteiger partial charge is 0.0646 e. The molecular formula is C15H10N2. The van der Waals surface area contributed by atoms with E-state index in [0.717, 1.165) is 5.52 Å². The molecule has 0 amide bonds. The van der Waals surface area contributed by atoms with Gasteiger partial charge in [0.2, 0.25) is 0 Å². The van der Waals surface area contributed by atoms with Gasteiger partial charge in [0.15, 0.2) is 0 Å². The second-order valence-electron chi connectivity index (χ2n) is 4.24. The van der Waals surface area contributed by atoms with Gasteiger partial charge in [-0.1, -0.05) is 36.4 Å². The van der Waals surface area contributed by atoms with Crippen molar-refractivity contribution < 1.29 is 0 Å². The van der Waals surface area contributed by atoms with Crippen molar-refractivity contribution in [2.24, 2.45) is 0 Å². The first-order valence-electron chi connectivity index (χ1n) is 5.66. The number of aromatic nitrogens is 2. The molecule has 0 fully saturated rings. The van der Waals surface area contributed by atoms with Crippen LogP contribution in [0.25, 0.3) is 27.2 Å². The summed E-state index contributed by atoms with van der Waals surface area (Å²) in [6, 6.07) is 15.0. The van der Waals surface area contributed by atoms with Crippen molar-refractivity contribution in [2.75, 3.05) is 0 Å². The van der Waals surface area contributed by atoms with Crippen molar-refractivity contribution in [3.63, 3.8) is 0 Å². The summed E-state index contributed by atoms with van der Waals surface area (Å²) in [5.41, 5.74) is 2.40. The lowest BCUT2D eigenvalue weighted by Crippen LogP contribution is -1.84. The number of hydrogen-bond donors (Lipinski definition) is 0. The fraction of sp³-hybridized carbons (Fsp3) is 0. The molecule has 0 unspecified atom stereocenters. The third kappa shape index (κ3) is 1.12. The maximum Gasteiger partial charge on any atom is 0.0646 e. The molecule has 0 aliphatic carbocycles. The first-order chi connectivity index (χ1) is 8.43. The summed E-state index contributed by atoms with van der Waals surface area (Å²) in [4.78, 5) is 4.17. The molecule has 0 saturated carbocycles. The van der Waals surface area contributed by atoms with Crippen molar-refractivity contribution in [2.45, 2.75) is 0 Å². The van der Waals surface area contributed by atoms with Crippen molar-refractivity contribution in [1.29, 1.82) is 0 Å². The zero-order chi connectivity index (χ0) is 11.2. The predicted molar refractivity (Wildman–Crippen MR) is 70.2 cm³/mol. The Morgan fingerprint density at radius 2 is 1.82 bits per heavy atom. The van der Waals surface area contributed by atoms with Gasteiger partial charge in [0, 0.05) is 23.2 Å².